The van der Waals surface area contributed by atoms with Gasteiger partial charge < -0.3 is 0 Å². The molecular formula is C35H28N2. The highest BCUT2D eigenvalue weighted by Crippen LogP contribution is 2.29. The second-order valence-corrected chi connectivity index (χ2v) is 9.01. The number of benzene rings is 5. The summed E-state index contributed by atoms with van der Waals surface area (Å²) in [6, 6.07) is 40.7. The van der Waals surface area contributed by atoms with Crippen LogP contribution in [0.25, 0.3) is 44.1 Å². The molecular weight excluding hydrogens is 448 g/mol. The topological polar surface area (TPSA) is 25.2 Å². The van der Waals surface area contributed by atoms with Crippen molar-refractivity contribution in [3.8, 4) is 0 Å². The van der Waals surface area contributed by atoms with Crippen LogP contribution in [0.15, 0.2) is 120 Å². The van der Waals surface area contributed by atoms with Crippen molar-refractivity contribution in [3.63, 3.8) is 0 Å². The minimum Gasteiger partial charge on any atom is -0.233 e. The lowest BCUT2D eigenvalue weighted by Gasteiger charge is -2.16. The Morgan fingerprint density at radius 1 is 0.622 bits per heavy atom. The minimum atomic E-state index is 0.746. The van der Waals surface area contributed by atoms with Crippen LogP contribution in [0, 0.1) is 0 Å². The van der Waals surface area contributed by atoms with Gasteiger partial charge in [0.15, 0.2) is 5.82 Å². The zero-order chi connectivity index (χ0) is 25.2. The average molecular weight is 477 g/mol. The van der Waals surface area contributed by atoms with E-state index in [0.29, 0.717) is 0 Å². The normalized spacial score (nSPS) is 13.8. The van der Waals surface area contributed by atoms with Gasteiger partial charge in [0.1, 0.15) is 0 Å². The molecule has 1 heterocycles. The van der Waals surface area contributed by atoms with Crippen LogP contribution in [0.2, 0.25) is 0 Å². The number of hydrogen-bond donors (Lipinski definition) is 0. The molecule has 0 amide bonds. The molecule has 1 aromatic heterocycles. The van der Waals surface area contributed by atoms with Crippen LogP contribution in [-0.4, -0.2) is 10.7 Å². The van der Waals surface area contributed by atoms with E-state index in [4.69, 9.17) is 9.98 Å². The van der Waals surface area contributed by atoms with Crippen LogP contribution in [0.5, 0.6) is 0 Å². The van der Waals surface area contributed by atoms with Gasteiger partial charge >= 0.3 is 0 Å². The van der Waals surface area contributed by atoms with Crippen LogP contribution in [0.4, 0.5) is 5.82 Å². The number of rotatable bonds is 2. The second-order valence-electron chi connectivity index (χ2n) is 9.01. The number of fused-ring (bicyclic) bond motifs is 5. The molecule has 0 aliphatic heterocycles. The summed E-state index contributed by atoms with van der Waals surface area (Å²) in [7, 11) is 0. The Morgan fingerprint density at radius 3 is 2.19 bits per heavy atom. The Bertz CT molecular complexity index is 1930. The predicted molar refractivity (Wildman–Crippen MR) is 159 cm³/mol. The molecule has 0 saturated heterocycles. The number of nitrogens with zero attached hydrogens (tertiary/aromatic N) is 2. The first kappa shape index (κ1) is 22.9. The molecule has 0 saturated carbocycles. The van der Waals surface area contributed by atoms with E-state index in [0.717, 1.165) is 28.9 Å². The Morgan fingerprint density at radius 2 is 1.30 bits per heavy atom. The van der Waals surface area contributed by atoms with Crippen molar-refractivity contribution in [1.29, 1.82) is 0 Å². The molecule has 2 heteroatoms. The van der Waals surface area contributed by atoms with Gasteiger partial charge in [-0.05, 0) is 61.8 Å². The largest absolute Gasteiger partial charge is 0.233 e. The fraction of sp³-hybridized carbons (Fsp3) is 0.0857. The third-order valence-corrected chi connectivity index (χ3v) is 6.90. The summed E-state index contributed by atoms with van der Waals surface area (Å²) >= 11 is 0. The van der Waals surface area contributed by atoms with Gasteiger partial charge in [-0.3, -0.25) is 0 Å². The zero-order valence-electron chi connectivity index (χ0n) is 21.1. The van der Waals surface area contributed by atoms with Gasteiger partial charge in [0, 0.05) is 17.4 Å². The van der Waals surface area contributed by atoms with Crippen molar-refractivity contribution in [2.75, 3.05) is 0 Å². The maximum atomic E-state index is 5.10. The molecule has 5 aromatic carbocycles. The molecule has 7 rings (SSSR count). The molecule has 37 heavy (non-hydrogen) atoms. The van der Waals surface area contributed by atoms with E-state index in [1.807, 2.05) is 38.1 Å². The summed E-state index contributed by atoms with van der Waals surface area (Å²) in [6.07, 6.45) is 3.05. The van der Waals surface area contributed by atoms with Crippen LogP contribution < -0.4 is 10.4 Å². The number of aliphatic imine (C=N–C) groups is 1. The van der Waals surface area contributed by atoms with Crippen molar-refractivity contribution in [3.05, 3.63) is 131 Å². The van der Waals surface area contributed by atoms with Crippen molar-refractivity contribution in [1.82, 2.24) is 4.98 Å². The number of hydrogen-bond acceptors (Lipinski definition) is 2. The lowest BCUT2D eigenvalue weighted by molar-refractivity contribution is 1.30. The zero-order valence-corrected chi connectivity index (χ0v) is 21.1. The Kier molecular flexibility index (Phi) is 6.08. The Hall–Kier alpha value is -4.56. The fourth-order valence-electron chi connectivity index (χ4n) is 5.20. The molecule has 1 aliphatic rings. The lowest BCUT2D eigenvalue weighted by atomic mass is 9.89. The van der Waals surface area contributed by atoms with Crippen LogP contribution in [-0.2, 0) is 0 Å². The molecule has 0 atom stereocenters. The van der Waals surface area contributed by atoms with E-state index in [1.165, 1.54) is 43.1 Å². The first-order chi connectivity index (χ1) is 18.3. The first-order valence-electron chi connectivity index (χ1n) is 13.0. The second kappa shape index (κ2) is 9.83. The minimum absolute atomic E-state index is 0.746. The van der Waals surface area contributed by atoms with Crippen molar-refractivity contribution >= 4 is 55.6 Å². The summed E-state index contributed by atoms with van der Waals surface area (Å²) in [4.78, 5) is 9.93. The summed E-state index contributed by atoms with van der Waals surface area (Å²) in [6.45, 7) is 4.00. The van der Waals surface area contributed by atoms with E-state index in [-0.39, 0.29) is 0 Å². The first-order valence-corrected chi connectivity index (χ1v) is 13.0. The highest BCUT2D eigenvalue weighted by atomic mass is 14.9. The van der Waals surface area contributed by atoms with Crippen molar-refractivity contribution in [2.45, 2.75) is 20.3 Å². The summed E-state index contributed by atoms with van der Waals surface area (Å²) < 4.78 is 0. The number of aromatic nitrogens is 1. The molecule has 0 bridgehead atoms. The molecule has 0 spiro atoms. The van der Waals surface area contributed by atoms with E-state index < -0.39 is 0 Å². The SMILES string of the molecule is C1=c2ccccc2=C(c2ccc3ccc4ccccc4c3c2)C(=Nc2ccc3ccccc3n2)C1.CC. The highest BCUT2D eigenvalue weighted by Gasteiger charge is 2.16. The smallest absolute Gasteiger partial charge is 0.152 e. The van der Waals surface area contributed by atoms with E-state index in [2.05, 4.69) is 97.1 Å². The lowest BCUT2D eigenvalue weighted by Crippen LogP contribution is -2.33. The van der Waals surface area contributed by atoms with E-state index >= 15 is 0 Å². The van der Waals surface area contributed by atoms with Gasteiger partial charge in [0.25, 0.3) is 0 Å². The van der Waals surface area contributed by atoms with Crippen molar-refractivity contribution < 1.29 is 0 Å². The summed E-state index contributed by atoms with van der Waals surface area (Å²) in [5.74, 6) is 0.746. The van der Waals surface area contributed by atoms with Gasteiger partial charge in [0.2, 0.25) is 0 Å². The molecule has 6 aromatic rings. The van der Waals surface area contributed by atoms with Gasteiger partial charge in [0.05, 0.1) is 11.2 Å². The third-order valence-electron chi connectivity index (χ3n) is 6.90. The molecule has 0 fully saturated rings. The number of para-hydroxylation sites is 1. The van der Waals surface area contributed by atoms with Gasteiger partial charge in [-0.1, -0.05) is 111 Å². The maximum absolute atomic E-state index is 5.10. The van der Waals surface area contributed by atoms with Gasteiger partial charge in [-0.15, -0.1) is 0 Å². The van der Waals surface area contributed by atoms with Crippen LogP contribution in [0.3, 0.4) is 0 Å². The molecule has 2 nitrogen and oxygen atoms in total. The molecule has 1 aliphatic carbocycles. The van der Waals surface area contributed by atoms with Crippen molar-refractivity contribution in [2.24, 2.45) is 4.99 Å². The Balaban J connectivity index is 0.00000123. The quantitative estimate of drug-likeness (QED) is 0.235. The third kappa shape index (κ3) is 4.21. The molecule has 178 valence electrons. The standard InChI is InChI=1S/C33H22N2.C2H6/c1-4-10-27-22(7-1)13-14-24-15-16-26(21-29(24)27)33-28-11-5-2-8-23(28)17-19-31(33)35-32-20-18-25-9-3-6-12-30(25)34-32;1-2/h1-18,20-21H,19H2;1-2H3. The molecule has 0 N–H and O–H groups in total. The van der Waals surface area contributed by atoms with Crippen LogP contribution in [0.1, 0.15) is 25.8 Å². The average Bonchev–Trinajstić information content (AvgIpc) is 2.98. The fourth-order valence-corrected chi connectivity index (χ4v) is 5.20. The summed E-state index contributed by atoms with van der Waals surface area (Å²) in [5, 5.41) is 8.65. The number of pyridine rings is 1. The molecule has 0 unspecified atom stereocenters. The molecule has 0 radical (unpaired) electrons. The summed E-state index contributed by atoms with van der Waals surface area (Å²) in [5.41, 5.74) is 4.39. The highest BCUT2D eigenvalue weighted by molar-refractivity contribution is 6.27. The monoisotopic (exact) mass is 476 g/mol. The maximum Gasteiger partial charge on any atom is 0.152 e. The van der Waals surface area contributed by atoms with E-state index in [9.17, 15) is 0 Å². The van der Waals surface area contributed by atoms with Crippen LogP contribution >= 0.6 is 0 Å². The predicted octanol–water partition coefficient (Wildman–Crippen LogP) is 7.72. The Labute approximate surface area is 217 Å². The van der Waals surface area contributed by atoms with E-state index in [1.54, 1.807) is 0 Å². The van der Waals surface area contributed by atoms with Gasteiger partial charge in [-0.25, -0.2) is 9.98 Å². The van der Waals surface area contributed by atoms with Gasteiger partial charge in [-0.2, -0.15) is 0 Å².